The number of benzene rings is 1. The fraction of sp³-hybridized carbons (Fsp3) is 0.158. The third-order valence-corrected chi connectivity index (χ3v) is 3.76. The molecule has 0 aliphatic carbocycles. The molecule has 8 heteroatoms. The molecule has 3 rings (SSSR count). The molecule has 1 N–H and O–H groups in total. The Hall–Kier alpha value is -3.19. The molecule has 0 atom stereocenters. The monoisotopic (exact) mass is 383 g/mol. The van der Waals surface area contributed by atoms with Gasteiger partial charge in [-0.05, 0) is 24.1 Å². The highest BCUT2D eigenvalue weighted by molar-refractivity contribution is 6.29. The van der Waals surface area contributed by atoms with Crippen molar-refractivity contribution in [3.8, 4) is 5.82 Å². The molecule has 0 spiro atoms. The number of hydrogen-bond acceptors (Lipinski definition) is 5. The third kappa shape index (κ3) is 5.93. The number of nitrogens with one attached hydrogen (secondary N) is 1. The Morgan fingerprint density at radius 2 is 2.04 bits per heavy atom. The molecule has 1 amide bonds. The van der Waals surface area contributed by atoms with E-state index in [4.69, 9.17) is 16.3 Å². The molecular weight excluding hydrogens is 366 g/mol. The molecule has 7 nitrogen and oxygen atoms in total. The number of halogens is 1. The number of nitrogens with zero attached hydrogens (tertiary/aromatic N) is 4. The fourth-order valence-electron chi connectivity index (χ4n) is 2.23. The van der Waals surface area contributed by atoms with Crippen LogP contribution in [0.15, 0.2) is 60.9 Å². The average molecular weight is 384 g/mol. The van der Waals surface area contributed by atoms with Crippen LogP contribution in [0.3, 0.4) is 0 Å². The maximum atomic E-state index is 11.6. The van der Waals surface area contributed by atoms with Crippen LogP contribution in [0, 0.1) is 0 Å². The van der Waals surface area contributed by atoms with Crippen LogP contribution >= 0.6 is 11.6 Å². The Bertz CT molecular complexity index is 894. The van der Waals surface area contributed by atoms with Crippen LogP contribution < -0.4 is 5.32 Å². The lowest BCUT2D eigenvalue weighted by Gasteiger charge is -2.05. The molecular formula is C19H18ClN5O2. The zero-order valence-corrected chi connectivity index (χ0v) is 15.2. The molecule has 27 heavy (non-hydrogen) atoms. The van der Waals surface area contributed by atoms with Crippen molar-refractivity contribution < 1.29 is 9.53 Å². The first-order valence-corrected chi connectivity index (χ1v) is 8.74. The van der Waals surface area contributed by atoms with Gasteiger partial charge in [0.1, 0.15) is 6.61 Å². The smallest absolute Gasteiger partial charge is 0.407 e. The molecule has 2 aromatic heterocycles. The van der Waals surface area contributed by atoms with E-state index in [1.165, 1.54) is 0 Å². The van der Waals surface area contributed by atoms with Crippen molar-refractivity contribution in [1.29, 1.82) is 0 Å². The molecule has 3 aromatic rings. The van der Waals surface area contributed by atoms with Crippen molar-refractivity contribution in [2.45, 2.75) is 13.0 Å². The molecule has 0 saturated heterocycles. The van der Waals surface area contributed by atoms with Gasteiger partial charge in [0.05, 0.1) is 6.20 Å². The summed E-state index contributed by atoms with van der Waals surface area (Å²) in [4.78, 5) is 11.6. The van der Waals surface area contributed by atoms with Crippen molar-refractivity contribution in [3.05, 3.63) is 77.2 Å². The van der Waals surface area contributed by atoms with E-state index < -0.39 is 6.09 Å². The van der Waals surface area contributed by atoms with E-state index in [1.54, 1.807) is 23.0 Å². The normalized spacial score (nSPS) is 10.9. The van der Waals surface area contributed by atoms with Crippen LogP contribution in [-0.4, -0.2) is 32.6 Å². The van der Waals surface area contributed by atoms with E-state index in [-0.39, 0.29) is 6.61 Å². The highest BCUT2D eigenvalue weighted by atomic mass is 35.5. The van der Waals surface area contributed by atoms with Gasteiger partial charge in [0.25, 0.3) is 0 Å². The van der Waals surface area contributed by atoms with Gasteiger partial charge in [0.2, 0.25) is 0 Å². The van der Waals surface area contributed by atoms with E-state index in [2.05, 4.69) is 20.6 Å². The predicted molar refractivity (Wildman–Crippen MR) is 102 cm³/mol. The van der Waals surface area contributed by atoms with E-state index in [0.717, 1.165) is 11.1 Å². The van der Waals surface area contributed by atoms with E-state index in [0.29, 0.717) is 23.9 Å². The van der Waals surface area contributed by atoms with Gasteiger partial charge in [-0.15, -0.1) is 10.2 Å². The van der Waals surface area contributed by atoms with Crippen molar-refractivity contribution >= 4 is 23.8 Å². The molecule has 0 saturated carbocycles. The lowest BCUT2D eigenvalue weighted by molar-refractivity contribution is 0.140. The minimum Gasteiger partial charge on any atom is -0.445 e. The molecule has 0 unspecified atom stereocenters. The molecule has 2 heterocycles. The second-order valence-corrected chi connectivity index (χ2v) is 6.00. The highest BCUT2D eigenvalue weighted by Gasteiger charge is 2.02. The molecule has 138 valence electrons. The van der Waals surface area contributed by atoms with E-state index in [9.17, 15) is 4.79 Å². The SMILES string of the molecule is O=C(NCCC=Cc1cnn(-c2ccc(Cl)nn2)c1)OCc1ccccc1. The highest BCUT2D eigenvalue weighted by Crippen LogP contribution is 2.09. The molecule has 0 radical (unpaired) electrons. The van der Waals surface area contributed by atoms with Gasteiger partial charge in [0, 0.05) is 18.3 Å². The lowest BCUT2D eigenvalue weighted by Crippen LogP contribution is -2.24. The summed E-state index contributed by atoms with van der Waals surface area (Å²) in [6, 6.07) is 12.9. The van der Waals surface area contributed by atoms with E-state index in [1.807, 2.05) is 48.7 Å². The average Bonchev–Trinajstić information content (AvgIpc) is 3.16. The van der Waals surface area contributed by atoms with Crippen LogP contribution in [0.1, 0.15) is 17.5 Å². The predicted octanol–water partition coefficient (Wildman–Crippen LogP) is 3.65. The summed E-state index contributed by atoms with van der Waals surface area (Å²) >= 11 is 5.72. The summed E-state index contributed by atoms with van der Waals surface area (Å²) in [5.74, 6) is 0.585. The second-order valence-electron chi connectivity index (χ2n) is 5.61. The topological polar surface area (TPSA) is 81.9 Å². The Kier molecular flexibility index (Phi) is 6.54. The Labute approximate surface area is 161 Å². The minimum atomic E-state index is -0.429. The zero-order chi connectivity index (χ0) is 18.9. The van der Waals surface area contributed by atoms with Crippen molar-refractivity contribution in [1.82, 2.24) is 25.3 Å². The number of aromatic nitrogens is 4. The minimum absolute atomic E-state index is 0.259. The summed E-state index contributed by atoms with van der Waals surface area (Å²) in [7, 11) is 0. The molecule has 0 fully saturated rings. The fourth-order valence-corrected chi connectivity index (χ4v) is 2.33. The summed E-state index contributed by atoms with van der Waals surface area (Å²) < 4.78 is 6.76. The largest absolute Gasteiger partial charge is 0.445 e. The third-order valence-electron chi connectivity index (χ3n) is 3.56. The first-order chi connectivity index (χ1) is 13.2. The maximum absolute atomic E-state index is 11.6. The van der Waals surface area contributed by atoms with Crippen LogP contribution in [0.5, 0.6) is 0 Å². The molecule has 0 bridgehead atoms. The number of carbonyl (C=O) groups is 1. The quantitative estimate of drug-likeness (QED) is 0.630. The van der Waals surface area contributed by atoms with Crippen LogP contribution in [0.4, 0.5) is 4.79 Å². The van der Waals surface area contributed by atoms with Gasteiger partial charge < -0.3 is 10.1 Å². The number of ether oxygens (including phenoxy) is 1. The van der Waals surface area contributed by atoms with Crippen molar-refractivity contribution in [2.24, 2.45) is 0 Å². The van der Waals surface area contributed by atoms with Gasteiger partial charge in [-0.1, -0.05) is 54.1 Å². The molecule has 0 aliphatic heterocycles. The number of amides is 1. The van der Waals surface area contributed by atoms with Crippen molar-refractivity contribution in [2.75, 3.05) is 6.54 Å². The first-order valence-electron chi connectivity index (χ1n) is 8.36. The Morgan fingerprint density at radius 3 is 2.81 bits per heavy atom. The Balaban J connectivity index is 1.38. The summed E-state index contributed by atoms with van der Waals surface area (Å²) in [6.45, 7) is 0.746. The van der Waals surface area contributed by atoms with Crippen LogP contribution in [0.25, 0.3) is 11.9 Å². The van der Waals surface area contributed by atoms with Gasteiger partial charge in [-0.3, -0.25) is 0 Å². The van der Waals surface area contributed by atoms with Crippen molar-refractivity contribution in [3.63, 3.8) is 0 Å². The number of rotatable bonds is 7. The first kappa shape index (κ1) is 18.6. The number of carbonyl (C=O) groups excluding carboxylic acids is 1. The Morgan fingerprint density at radius 1 is 1.19 bits per heavy atom. The van der Waals surface area contributed by atoms with Gasteiger partial charge in [-0.2, -0.15) is 5.10 Å². The van der Waals surface area contributed by atoms with Crippen LogP contribution in [-0.2, 0) is 11.3 Å². The molecule has 0 aliphatic rings. The molecule has 1 aromatic carbocycles. The summed E-state index contributed by atoms with van der Waals surface area (Å²) in [6.07, 6.45) is 7.66. The summed E-state index contributed by atoms with van der Waals surface area (Å²) in [5.41, 5.74) is 1.87. The number of alkyl carbamates (subject to hydrolysis) is 1. The lowest BCUT2D eigenvalue weighted by atomic mass is 10.2. The number of hydrogen-bond donors (Lipinski definition) is 1. The summed E-state index contributed by atoms with van der Waals surface area (Å²) in [5, 5.41) is 15.0. The standard InChI is InChI=1S/C19H18ClN5O2/c20-17-9-10-18(24-23-17)25-13-16(12-22-25)8-4-5-11-21-19(26)27-14-15-6-2-1-3-7-15/h1-4,6-10,12-13H,5,11,14H2,(H,21,26). The van der Waals surface area contributed by atoms with Gasteiger partial charge >= 0.3 is 6.09 Å². The van der Waals surface area contributed by atoms with Crippen LogP contribution in [0.2, 0.25) is 5.15 Å². The van der Waals surface area contributed by atoms with Gasteiger partial charge in [-0.25, -0.2) is 9.48 Å². The second kappa shape index (κ2) is 9.49. The van der Waals surface area contributed by atoms with Gasteiger partial charge in [0.15, 0.2) is 11.0 Å². The maximum Gasteiger partial charge on any atom is 0.407 e. The van der Waals surface area contributed by atoms with E-state index >= 15 is 0 Å². The zero-order valence-electron chi connectivity index (χ0n) is 14.5.